The standard InChI is InChI=1S/C19H33Cl2N2OP/c1-13(2)22(14(3)4)25(23(15(5)6)16(7)8)24-12-17-18(20)10-9-11-19(17)21/h9-11,13-16H,12H2,1-8H3. The lowest BCUT2D eigenvalue weighted by Gasteiger charge is -2.45. The van der Waals surface area contributed by atoms with Crippen molar-refractivity contribution in [2.75, 3.05) is 0 Å². The number of hydrogen-bond donors (Lipinski definition) is 0. The van der Waals surface area contributed by atoms with Crippen molar-refractivity contribution in [3.63, 3.8) is 0 Å². The fraction of sp³-hybridized carbons (Fsp3) is 0.684. The topological polar surface area (TPSA) is 15.7 Å². The molecule has 0 aliphatic rings. The van der Waals surface area contributed by atoms with Gasteiger partial charge in [-0.15, -0.1) is 0 Å². The van der Waals surface area contributed by atoms with Crippen LogP contribution in [0.25, 0.3) is 0 Å². The van der Waals surface area contributed by atoms with Crippen LogP contribution in [0.2, 0.25) is 10.0 Å². The van der Waals surface area contributed by atoms with Crippen LogP contribution in [0.1, 0.15) is 61.0 Å². The number of hydrogen-bond acceptors (Lipinski definition) is 3. The summed E-state index contributed by atoms with van der Waals surface area (Å²) in [5.74, 6) is 0. The predicted octanol–water partition coefficient (Wildman–Crippen LogP) is 6.97. The van der Waals surface area contributed by atoms with Crippen molar-refractivity contribution in [2.24, 2.45) is 0 Å². The van der Waals surface area contributed by atoms with Crippen LogP contribution in [0.3, 0.4) is 0 Å². The minimum absolute atomic E-state index is 0.382. The Hall–Kier alpha value is 0.110. The molecule has 1 aromatic rings. The zero-order valence-electron chi connectivity index (χ0n) is 16.8. The number of benzene rings is 1. The molecule has 0 fully saturated rings. The Morgan fingerprint density at radius 1 is 0.800 bits per heavy atom. The van der Waals surface area contributed by atoms with Gasteiger partial charge in [-0.05, 0) is 67.5 Å². The molecule has 0 N–H and O–H groups in total. The lowest BCUT2D eigenvalue weighted by Crippen LogP contribution is -2.43. The Bertz CT molecular complexity index is 482. The third-order valence-corrected chi connectivity index (χ3v) is 7.60. The second-order valence-electron chi connectivity index (χ2n) is 7.36. The van der Waals surface area contributed by atoms with E-state index in [0.717, 1.165) is 5.56 Å². The number of nitrogens with zero attached hydrogens (tertiary/aromatic N) is 2. The van der Waals surface area contributed by atoms with Gasteiger partial charge in [0.1, 0.15) is 0 Å². The maximum Gasteiger partial charge on any atom is 0.189 e. The molecule has 0 amide bonds. The summed E-state index contributed by atoms with van der Waals surface area (Å²) < 4.78 is 11.4. The van der Waals surface area contributed by atoms with Crippen molar-refractivity contribution in [3.05, 3.63) is 33.8 Å². The molecule has 0 aliphatic carbocycles. The van der Waals surface area contributed by atoms with Gasteiger partial charge >= 0.3 is 0 Å². The highest BCUT2D eigenvalue weighted by Gasteiger charge is 2.34. The second kappa shape index (κ2) is 10.4. The van der Waals surface area contributed by atoms with E-state index < -0.39 is 8.45 Å². The molecule has 0 unspecified atom stereocenters. The lowest BCUT2D eigenvalue weighted by molar-refractivity contribution is 0.182. The molecule has 0 aromatic heterocycles. The minimum Gasteiger partial charge on any atom is -0.326 e. The fourth-order valence-corrected chi connectivity index (χ4v) is 5.86. The molecular formula is C19H33Cl2N2OP. The Balaban J connectivity index is 3.17. The van der Waals surface area contributed by atoms with Crippen LogP contribution in [-0.4, -0.2) is 33.5 Å². The van der Waals surface area contributed by atoms with Crippen LogP contribution in [0.5, 0.6) is 0 Å². The molecule has 0 atom stereocenters. The van der Waals surface area contributed by atoms with E-state index in [1.807, 2.05) is 18.2 Å². The normalized spacial score (nSPS) is 12.8. The molecule has 144 valence electrons. The van der Waals surface area contributed by atoms with Gasteiger partial charge in [-0.25, -0.2) is 9.34 Å². The van der Waals surface area contributed by atoms with Crippen molar-refractivity contribution >= 4 is 31.7 Å². The van der Waals surface area contributed by atoms with E-state index in [1.165, 1.54) is 0 Å². The summed E-state index contributed by atoms with van der Waals surface area (Å²) in [6.45, 7) is 18.2. The third kappa shape index (κ3) is 6.34. The van der Waals surface area contributed by atoms with Gasteiger partial charge in [-0.1, -0.05) is 29.3 Å². The lowest BCUT2D eigenvalue weighted by atomic mass is 10.2. The molecule has 3 nitrogen and oxygen atoms in total. The quantitative estimate of drug-likeness (QED) is 0.411. The van der Waals surface area contributed by atoms with Crippen molar-refractivity contribution in [2.45, 2.75) is 86.2 Å². The van der Waals surface area contributed by atoms with Crippen molar-refractivity contribution in [1.82, 2.24) is 9.34 Å². The summed E-state index contributed by atoms with van der Waals surface area (Å²) in [6, 6.07) is 7.11. The van der Waals surface area contributed by atoms with E-state index in [4.69, 9.17) is 27.7 Å². The summed E-state index contributed by atoms with van der Waals surface area (Å²) in [4.78, 5) is 0. The largest absolute Gasteiger partial charge is 0.326 e. The monoisotopic (exact) mass is 406 g/mol. The molecule has 1 aromatic carbocycles. The van der Waals surface area contributed by atoms with Gasteiger partial charge in [0.2, 0.25) is 0 Å². The van der Waals surface area contributed by atoms with Crippen LogP contribution in [0.4, 0.5) is 0 Å². The molecule has 1 rings (SSSR count). The summed E-state index contributed by atoms with van der Waals surface area (Å²) in [7, 11) is -0.944. The zero-order valence-corrected chi connectivity index (χ0v) is 19.2. The summed E-state index contributed by atoms with van der Waals surface area (Å²) in [6.07, 6.45) is 0. The first-order valence-electron chi connectivity index (χ1n) is 9.00. The molecular weight excluding hydrogens is 374 g/mol. The van der Waals surface area contributed by atoms with Gasteiger partial charge in [0.25, 0.3) is 0 Å². The third-order valence-electron chi connectivity index (χ3n) is 3.90. The summed E-state index contributed by atoms with van der Waals surface area (Å²) in [5.41, 5.74) is 0.859. The Morgan fingerprint density at radius 3 is 1.48 bits per heavy atom. The van der Waals surface area contributed by atoms with Crippen LogP contribution in [0, 0.1) is 0 Å². The van der Waals surface area contributed by atoms with E-state index in [0.29, 0.717) is 40.8 Å². The molecule has 0 saturated heterocycles. The molecule has 0 radical (unpaired) electrons. The molecule has 25 heavy (non-hydrogen) atoms. The highest BCUT2D eigenvalue weighted by atomic mass is 35.5. The molecule has 0 spiro atoms. The predicted molar refractivity (Wildman–Crippen MR) is 112 cm³/mol. The maximum atomic E-state index is 6.51. The molecule has 0 bridgehead atoms. The Labute approximate surface area is 165 Å². The van der Waals surface area contributed by atoms with E-state index in [2.05, 4.69) is 64.7 Å². The van der Waals surface area contributed by atoms with Gasteiger partial charge in [-0.3, -0.25) is 0 Å². The highest BCUT2D eigenvalue weighted by molar-refractivity contribution is 7.47. The smallest absolute Gasteiger partial charge is 0.189 e. The first kappa shape index (κ1) is 23.1. The van der Waals surface area contributed by atoms with Gasteiger partial charge in [0, 0.05) is 39.8 Å². The highest BCUT2D eigenvalue weighted by Crippen LogP contribution is 2.51. The first-order chi connectivity index (χ1) is 11.6. The van der Waals surface area contributed by atoms with Gasteiger partial charge in [-0.2, -0.15) is 0 Å². The average molecular weight is 407 g/mol. The van der Waals surface area contributed by atoms with Gasteiger partial charge in [0.05, 0.1) is 6.61 Å². The van der Waals surface area contributed by atoms with Crippen LogP contribution in [0.15, 0.2) is 18.2 Å². The van der Waals surface area contributed by atoms with E-state index in [-0.39, 0.29) is 0 Å². The number of rotatable bonds is 9. The maximum absolute atomic E-state index is 6.51. The fourth-order valence-electron chi connectivity index (χ4n) is 3.03. The Kier molecular flexibility index (Phi) is 9.67. The molecule has 0 heterocycles. The van der Waals surface area contributed by atoms with E-state index in [1.54, 1.807) is 0 Å². The van der Waals surface area contributed by atoms with Crippen LogP contribution >= 0.6 is 31.7 Å². The molecule has 0 aliphatic heterocycles. The summed E-state index contributed by atoms with van der Waals surface area (Å²) >= 11 is 12.7. The van der Waals surface area contributed by atoms with Gasteiger partial charge in [0.15, 0.2) is 8.45 Å². The summed E-state index contributed by atoms with van der Waals surface area (Å²) in [5, 5.41) is 1.31. The van der Waals surface area contributed by atoms with E-state index in [9.17, 15) is 0 Å². The SMILES string of the molecule is CC(C)N(C(C)C)P(OCc1c(Cl)cccc1Cl)N(C(C)C)C(C)C. The molecule has 0 saturated carbocycles. The van der Waals surface area contributed by atoms with Crippen molar-refractivity contribution in [1.29, 1.82) is 0 Å². The average Bonchev–Trinajstić information content (AvgIpc) is 2.44. The first-order valence-corrected chi connectivity index (χ1v) is 10.9. The number of halogens is 2. The van der Waals surface area contributed by atoms with Crippen molar-refractivity contribution < 1.29 is 4.52 Å². The minimum atomic E-state index is -0.944. The second-order valence-corrected chi connectivity index (χ2v) is 9.86. The van der Waals surface area contributed by atoms with Crippen LogP contribution < -0.4 is 0 Å². The van der Waals surface area contributed by atoms with Crippen molar-refractivity contribution in [3.8, 4) is 0 Å². The zero-order chi connectivity index (χ0) is 19.3. The molecule has 6 heteroatoms. The van der Waals surface area contributed by atoms with Gasteiger partial charge < -0.3 is 4.52 Å². The van der Waals surface area contributed by atoms with E-state index >= 15 is 0 Å². The Morgan fingerprint density at radius 2 is 1.16 bits per heavy atom. The van der Waals surface area contributed by atoms with Crippen LogP contribution in [-0.2, 0) is 11.1 Å².